The van der Waals surface area contributed by atoms with Crippen LogP contribution in [0.4, 0.5) is 5.69 Å². The van der Waals surface area contributed by atoms with Crippen LogP contribution >= 0.6 is 0 Å². The van der Waals surface area contributed by atoms with Crippen molar-refractivity contribution in [3.8, 4) is 0 Å². The highest BCUT2D eigenvalue weighted by Crippen LogP contribution is 2.20. The van der Waals surface area contributed by atoms with Crippen LogP contribution in [0, 0.1) is 0 Å². The van der Waals surface area contributed by atoms with Crippen molar-refractivity contribution in [2.45, 2.75) is 31.1 Å². The lowest BCUT2D eigenvalue weighted by Crippen LogP contribution is -2.03. The first-order valence-corrected chi connectivity index (χ1v) is 7.28. The average Bonchev–Trinajstić information content (AvgIpc) is 2.18. The van der Waals surface area contributed by atoms with Crippen molar-refractivity contribution in [2.24, 2.45) is 0 Å². The van der Waals surface area contributed by atoms with E-state index in [-0.39, 0.29) is 16.4 Å². The van der Waals surface area contributed by atoms with Crippen LogP contribution in [-0.2, 0) is 21.1 Å². The minimum Gasteiger partial charge on any atom is -0.398 e. The van der Waals surface area contributed by atoms with Crippen molar-refractivity contribution in [1.29, 1.82) is 0 Å². The number of carbonyl (C=O) groups excluding carboxylic acids is 1. The summed E-state index contributed by atoms with van der Waals surface area (Å²) >= 11 is 0. The Morgan fingerprint density at radius 1 is 1.35 bits per heavy atom. The first-order chi connectivity index (χ1) is 7.80. The smallest absolute Gasteiger partial charge is 0.177 e. The molecule has 0 amide bonds. The summed E-state index contributed by atoms with van der Waals surface area (Å²) in [6.07, 6.45) is 3.06. The van der Waals surface area contributed by atoms with E-state index in [1.807, 2.05) is 0 Å². The van der Waals surface area contributed by atoms with E-state index in [4.69, 9.17) is 5.73 Å². The summed E-state index contributed by atoms with van der Waals surface area (Å²) in [5.74, 6) is 0.142. The van der Waals surface area contributed by atoms with Gasteiger partial charge in [0.2, 0.25) is 0 Å². The third kappa shape index (κ3) is 4.19. The Morgan fingerprint density at radius 3 is 2.53 bits per heavy atom. The molecule has 0 saturated heterocycles. The van der Waals surface area contributed by atoms with Gasteiger partial charge in [0.15, 0.2) is 9.84 Å². The molecule has 0 unspecified atom stereocenters. The van der Waals surface area contributed by atoms with E-state index in [9.17, 15) is 13.2 Å². The van der Waals surface area contributed by atoms with Gasteiger partial charge in [-0.25, -0.2) is 8.42 Å². The molecule has 0 aromatic heterocycles. The fourth-order valence-corrected chi connectivity index (χ4v) is 2.46. The minimum atomic E-state index is -3.29. The molecule has 0 atom stereocenters. The number of Topliss-reactive ketones (excluding diaryl/α,β-unsaturated/α-hetero) is 1. The number of carbonyl (C=O) groups is 1. The van der Waals surface area contributed by atoms with Crippen molar-refractivity contribution in [3.63, 3.8) is 0 Å². The summed E-state index contributed by atoms with van der Waals surface area (Å²) in [7, 11) is -3.29. The number of aryl methyl sites for hydroxylation is 1. The van der Waals surface area contributed by atoms with Crippen LogP contribution < -0.4 is 5.73 Å². The van der Waals surface area contributed by atoms with Crippen LogP contribution in [0.25, 0.3) is 0 Å². The molecule has 0 saturated carbocycles. The van der Waals surface area contributed by atoms with Crippen LogP contribution in [0.2, 0.25) is 0 Å². The molecule has 0 aliphatic rings. The molecular weight excluding hydrogens is 238 g/mol. The van der Waals surface area contributed by atoms with Gasteiger partial charge in [-0.1, -0.05) is 6.07 Å². The lowest BCUT2D eigenvalue weighted by molar-refractivity contribution is -0.117. The standard InChI is InChI=1S/C12H17NO3S/c1-9(14)4-3-5-10-6-7-11(13)12(8-10)17(2,15)16/h6-8H,3-5,13H2,1-2H3. The zero-order chi connectivity index (χ0) is 13.1. The van der Waals surface area contributed by atoms with Crippen molar-refractivity contribution in [2.75, 3.05) is 12.0 Å². The number of rotatable bonds is 5. The Bertz CT molecular complexity index is 521. The molecular formula is C12H17NO3S. The van der Waals surface area contributed by atoms with E-state index in [1.54, 1.807) is 25.1 Å². The molecule has 0 heterocycles. The van der Waals surface area contributed by atoms with Crippen molar-refractivity contribution in [1.82, 2.24) is 0 Å². The summed E-state index contributed by atoms with van der Waals surface area (Å²) in [5, 5.41) is 0. The van der Waals surface area contributed by atoms with E-state index >= 15 is 0 Å². The Labute approximate surface area is 102 Å². The second-order valence-corrected chi connectivity index (χ2v) is 6.18. The van der Waals surface area contributed by atoms with Crippen LogP contribution in [0.5, 0.6) is 0 Å². The molecule has 1 aromatic carbocycles. The highest BCUT2D eigenvalue weighted by Gasteiger charge is 2.12. The molecule has 5 heteroatoms. The van der Waals surface area contributed by atoms with E-state index in [0.717, 1.165) is 18.2 Å². The molecule has 0 spiro atoms. The zero-order valence-corrected chi connectivity index (χ0v) is 10.9. The summed E-state index contributed by atoms with van der Waals surface area (Å²) in [4.78, 5) is 11.0. The number of anilines is 1. The normalized spacial score (nSPS) is 11.4. The number of nitrogen functional groups attached to an aromatic ring is 1. The second-order valence-electron chi connectivity index (χ2n) is 4.20. The largest absolute Gasteiger partial charge is 0.398 e. The average molecular weight is 255 g/mol. The molecule has 4 nitrogen and oxygen atoms in total. The van der Waals surface area contributed by atoms with Gasteiger partial charge in [0, 0.05) is 12.7 Å². The summed E-state index contributed by atoms with van der Waals surface area (Å²) in [5.41, 5.74) is 6.78. The maximum absolute atomic E-state index is 11.5. The molecule has 94 valence electrons. The quantitative estimate of drug-likeness (QED) is 0.810. The molecule has 1 aromatic rings. The second kappa shape index (κ2) is 5.31. The Balaban J connectivity index is 2.86. The molecule has 0 radical (unpaired) electrons. The fourth-order valence-electron chi connectivity index (χ4n) is 1.60. The number of hydrogen-bond acceptors (Lipinski definition) is 4. The number of benzene rings is 1. The lowest BCUT2D eigenvalue weighted by atomic mass is 10.1. The molecule has 2 N–H and O–H groups in total. The van der Waals surface area contributed by atoms with Crippen molar-refractivity contribution < 1.29 is 13.2 Å². The predicted molar refractivity (Wildman–Crippen MR) is 67.6 cm³/mol. The monoisotopic (exact) mass is 255 g/mol. The van der Waals surface area contributed by atoms with Gasteiger partial charge in [0.1, 0.15) is 5.78 Å². The highest BCUT2D eigenvalue weighted by molar-refractivity contribution is 7.90. The van der Waals surface area contributed by atoms with Crippen molar-refractivity contribution in [3.05, 3.63) is 23.8 Å². The number of hydrogen-bond donors (Lipinski definition) is 1. The fraction of sp³-hybridized carbons (Fsp3) is 0.417. The Hall–Kier alpha value is -1.36. The predicted octanol–water partition coefficient (Wildman–Crippen LogP) is 1.58. The zero-order valence-electron chi connectivity index (χ0n) is 10.1. The van der Waals surface area contributed by atoms with Gasteiger partial charge < -0.3 is 10.5 Å². The van der Waals surface area contributed by atoms with E-state index in [1.165, 1.54) is 0 Å². The first-order valence-electron chi connectivity index (χ1n) is 5.38. The topological polar surface area (TPSA) is 77.2 Å². The SMILES string of the molecule is CC(=O)CCCc1ccc(N)c(S(C)(=O)=O)c1. The highest BCUT2D eigenvalue weighted by atomic mass is 32.2. The van der Waals surface area contributed by atoms with E-state index < -0.39 is 9.84 Å². The van der Waals surface area contributed by atoms with Gasteiger partial charge >= 0.3 is 0 Å². The molecule has 0 bridgehead atoms. The van der Waals surface area contributed by atoms with Crippen LogP contribution in [0.3, 0.4) is 0 Å². The number of ketones is 1. The van der Waals surface area contributed by atoms with Gasteiger partial charge in [-0.2, -0.15) is 0 Å². The van der Waals surface area contributed by atoms with Crippen LogP contribution in [0.15, 0.2) is 23.1 Å². The van der Waals surface area contributed by atoms with E-state index in [0.29, 0.717) is 12.8 Å². The first kappa shape index (κ1) is 13.7. The Morgan fingerprint density at radius 2 is 2.00 bits per heavy atom. The van der Waals surface area contributed by atoms with Crippen LogP contribution in [0.1, 0.15) is 25.3 Å². The Kier molecular flexibility index (Phi) is 4.28. The summed E-state index contributed by atoms with van der Waals surface area (Å²) in [6, 6.07) is 4.98. The number of sulfone groups is 1. The van der Waals surface area contributed by atoms with Gasteiger partial charge in [-0.3, -0.25) is 0 Å². The van der Waals surface area contributed by atoms with E-state index in [2.05, 4.69) is 0 Å². The van der Waals surface area contributed by atoms with Gasteiger partial charge in [-0.15, -0.1) is 0 Å². The van der Waals surface area contributed by atoms with Crippen molar-refractivity contribution >= 4 is 21.3 Å². The van der Waals surface area contributed by atoms with Gasteiger partial charge in [-0.05, 0) is 37.5 Å². The third-order valence-corrected chi connectivity index (χ3v) is 3.62. The molecule has 0 fully saturated rings. The summed E-state index contributed by atoms with van der Waals surface area (Å²) in [6.45, 7) is 1.55. The molecule has 0 aliphatic carbocycles. The molecule has 1 rings (SSSR count). The number of nitrogens with two attached hydrogens (primary N) is 1. The molecule has 0 aliphatic heterocycles. The maximum Gasteiger partial charge on any atom is 0.177 e. The maximum atomic E-state index is 11.5. The minimum absolute atomic E-state index is 0.142. The summed E-state index contributed by atoms with van der Waals surface area (Å²) < 4.78 is 22.9. The molecule has 17 heavy (non-hydrogen) atoms. The third-order valence-electron chi connectivity index (χ3n) is 2.47. The van der Waals surface area contributed by atoms with Gasteiger partial charge in [0.05, 0.1) is 10.6 Å². The van der Waals surface area contributed by atoms with Crippen LogP contribution in [-0.4, -0.2) is 20.5 Å². The lowest BCUT2D eigenvalue weighted by Gasteiger charge is -2.06. The van der Waals surface area contributed by atoms with Gasteiger partial charge in [0.25, 0.3) is 0 Å².